The van der Waals surface area contributed by atoms with E-state index in [0.29, 0.717) is 17.5 Å². The molecule has 0 heterocycles. The maximum Gasteiger partial charge on any atom is 0.197 e. The van der Waals surface area contributed by atoms with E-state index in [0.717, 1.165) is 11.6 Å². The van der Waals surface area contributed by atoms with Crippen molar-refractivity contribution < 1.29 is 20.1 Å². The van der Waals surface area contributed by atoms with Crippen molar-refractivity contribution in [1.29, 1.82) is 0 Å². The van der Waals surface area contributed by atoms with Crippen molar-refractivity contribution in [3.05, 3.63) is 52.6 Å². The number of aromatic hydroxyl groups is 3. The quantitative estimate of drug-likeness (QED) is 0.416. The highest BCUT2D eigenvalue weighted by Gasteiger charge is 2.29. The van der Waals surface area contributed by atoms with Gasteiger partial charge in [-0.2, -0.15) is 0 Å². The predicted octanol–water partition coefficient (Wildman–Crippen LogP) is 1.94. The van der Waals surface area contributed by atoms with Crippen LogP contribution < -0.4 is 0 Å². The largest absolute Gasteiger partial charge is 0.507 e. The Morgan fingerprint density at radius 2 is 1.72 bits per heavy atom. The van der Waals surface area contributed by atoms with Crippen LogP contribution in [0.2, 0.25) is 0 Å². The molecule has 0 saturated heterocycles. The second-order valence-electron chi connectivity index (χ2n) is 4.28. The molecule has 0 spiro atoms. The van der Waals surface area contributed by atoms with Crippen LogP contribution in [-0.2, 0) is 6.42 Å². The molecule has 1 aliphatic rings. The highest BCUT2D eigenvalue weighted by Crippen LogP contribution is 2.42. The van der Waals surface area contributed by atoms with E-state index in [1.165, 1.54) is 0 Å². The minimum absolute atomic E-state index is 0.00815. The summed E-state index contributed by atoms with van der Waals surface area (Å²) in [6.45, 7) is 0. The molecule has 0 aliphatic heterocycles. The standard InChI is InChI=1S/C14H10O4/c15-10-6-11(16)14(18)12-9(10)5-7-3-1-2-4-8(7)13(12)17/h1-4,6,15-16,18H,5H2. The van der Waals surface area contributed by atoms with Crippen molar-refractivity contribution in [2.24, 2.45) is 0 Å². The molecule has 2 aromatic rings. The third-order valence-electron chi connectivity index (χ3n) is 3.22. The van der Waals surface area contributed by atoms with Crippen molar-refractivity contribution in [3.63, 3.8) is 0 Å². The van der Waals surface area contributed by atoms with Gasteiger partial charge in [0.1, 0.15) is 5.75 Å². The second kappa shape index (κ2) is 3.50. The van der Waals surface area contributed by atoms with Gasteiger partial charge in [0, 0.05) is 23.6 Å². The van der Waals surface area contributed by atoms with Crippen molar-refractivity contribution in [1.82, 2.24) is 0 Å². The molecule has 0 amide bonds. The van der Waals surface area contributed by atoms with Gasteiger partial charge in [0.25, 0.3) is 0 Å². The molecule has 0 bridgehead atoms. The number of benzene rings is 2. The first kappa shape index (κ1) is 10.7. The van der Waals surface area contributed by atoms with Crippen LogP contribution in [0.3, 0.4) is 0 Å². The van der Waals surface area contributed by atoms with Crippen LogP contribution in [0.15, 0.2) is 30.3 Å². The minimum atomic E-state index is -0.487. The first-order valence-corrected chi connectivity index (χ1v) is 5.49. The van der Waals surface area contributed by atoms with Gasteiger partial charge in [0.05, 0.1) is 5.56 Å². The minimum Gasteiger partial charge on any atom is -0.507 e. The average molecular weight is 242 g/mol. The molecule has 0 radical (unpaired) electrons. The molecule has 3 N–H and O–H groups in total. The van der Waals surface area contributed by atoms with Crippen molar-refractivity contribution in [3.8, 4) is 17.2 Å². The molecule has 4 heteroatoms. The SMILES string of the molecule is O=C1c2ccccc2Cc2c(O)cc(O)c(O)c21. The number of hydrogen-bond donors (Lipinski definition) is 3. The van der Waals surface area contributed by atoms with Crippen molar-refractivity contribution in [2.45, 2.75) is 6.42 Å². The highest BCUT2D eigenvalue weighted by molar-refractivity contribution is 6.14. The lowest BCUT2D eigenvalue weighted by Gasteiger charge is -2.20. The van der Waals surface area contributed by atoms with Gasteiger partial charge in [-0.05, 0) is 5.56 Å². The summed E-state index contributed by atoms with van der Waals surface area (Å²) in [5, 5.41) is 29.0. The number of ketones is 1. The molecular formula is C14H10O4. The van der Waals surface area contributed by atoms with Gasteiger partial charge in [0.2, 0.25) is 0 Å². The van der Waals surface area contributed by atoms with Crippen molar-refractivity contribution in [2.75, 3.05) is 0 Å². The Morgan fingerprint density at radius 3 is 2.50 bits per heavy atom. The summed E-state index contributed by atoms with van der Waals surface area (Å²) in [6.07, 6.45) is 0.358. The number of carbonyl (C=O) groups is 1. The van der Waals surface area contributed by atoms with Gasteiger partial charge in [-0.1, -0.05) is 24.3 Å². The fourth-order valence-electron chi connectivity index (χ4n) is 2.33. The molecule has 0 fully saturated rings. The molecular weight excluding hydrogens is 232 g/mol. The summed E-state index contributed by atoms with van der Waals surface area (Å²) in [5.74, 6) is -1.51. The number of phenolic OH excluding ortho intramolecular Hbond substituents is 3. The van der Waals surface area contributed by atoms with Gasteiger partial charge in [0.15, 0.2) is 17.3 Å². The first-order valence-electron chi connectivity index (χ1n) is 5.49. The Labute approximate surface area is 103 Å². The average Bonchev–Trinajstić information content (AvgIpc) is 2.36. The lowest BCUT2D eigenvalue weighted by molar-refractivity contribution is 0.103. The van der Waals surface area contributed by atoms with Crippen molar-refractivity contribution >= 4 is 5.78 Å². The van der Waals surface area contributed by atoms with Crippen LogP contribution in [0.25, 0.3) is 0 Å². The zero-order valence-electron chi connectivity index (χ0n) is 9.34. The lowest BCUT2D eigenvalue weighted by atomic mass is 9.84. The summed E-state index contributed by atoms with van der Waals surface area (Å²) in [4.78, 5) is 12.3. The molecule has 0 saturated carbocycles. The summed E-state index contributed by atoms with van der Waals surface area (Å²) in [6, 6.07) is 8.08. The molecule has 4 nitrogen and oxygen atoms in total. The number of carbonyl (C=O) groups excluding carboxylic acids is 1. The predicted molar refractivity (Wildman–Crippen MR) is 64.1 cm³/mol. The molecule has 90 valence electrons. The fraction of sp³-hybridized carbons (Fsp3) is 0.0714. The molecule has 3 rings (SSSR count). The molecule has 1 aliphatic carbocycles. The monoisotopic (exact) mass is 242 g/mol. The van der Waals surface area contributed by atoms with Gasteiger partial charge in [-0.25, -0.2) is 0 Å². The van der Waals surface area contributed by atoms with Crippen LogP contribution in [0.4, 0.5) is 0 Å². The molecule has 0 unspecified atom stereocenters. The van der Waals surface area contributed by atoms with Crippen LogP contribution in [0.1, 0.15) is 27.0 Å². The van der Waals surface area contributed by atoms with Crippen LogP contribution >= 0.6 is 0 Å². The first-order chi connectivity index (χ1) is 8.59. The maximum atomic E-state index is 12.3. The zero-order chi connectivity index (χ0) is 12.9. The maximum absolute atomic E-state index is 12.3. The van der Waals surface area contributed by atoms with E-state index < -0.39 is 11.5 Å². The second-order valence-corrected chi connectivity index (χ2v) is 4.28. The van der Waals surface area contributed by atoms with E-state index in [9.17, 15) is 20.1 Å². The highest BCUT2D eigenvalue weighted by atomic mass is 16.3. The summed E-state index contributed by atoms with van der Waals surface area (Å²) in [7, 11) is 0. The zero-order valence-corrected chi connectivity index (χ0v) is 9.34. The summed E-state index contributed by atoms with van der Waals surface area (Å²) >= 11 is 0. The van der Waals surface area contributed by atoms with Gasteiger partial charge in [-0.15, -0.1) is 0 Å². The van der Waals surface area contributed by atoms with Gasteiger partial charge >= 0.3 is 0 Å². The Kier molecular flexibility index (Phi) is 2.07. The van der Waals surface area contributed by atoms with E-state index in [1.54, 1.807) is 18.2 Å². The number of hydrogen-bond acceptors (Lipinski definition) is 4. The normalized spacial score (nSPS) is 13.0. The number of fused-ring (bicyclic) bond motifs is 2. The van der Waals surface area contributed by atoms with E-state index in [2.05, 4.69) is 0 Å². The van der Waals surface area contributed by atoms with Crippen LogP contribution in [-0.4, -0.2) is 21.1 Å². The lowest BCUT2D eigenvalue weighted by Crippen LogP contribution is -2.15. The Hall–Kier alpha value is -2.49. The summed E-state index contributed by atoms with van der Waals surface area (Å²) in [5.41, 5.74) is 1.64. The van der Waals surface area contributed by atoms with Gasteiger partial charge in [-0.3, -0.25) is 4.79 Å². The van der Waals surface area contributed by atoms with Gasteiger partial charge < -0.3 is 15.3 Å². The molecule has 2 aromatic carbocycles. The van der Waals surface area contributed by atoms with E-state index in [-0.39, 0.29) is 17.1 Å². The Morgan fingerprint density at radius 1 is 1.00 bits per heavy atom. The van der Waals surface area contributed by atoms with E-state index >= 15 is 0 Å². The number of phenols is 3. The Balaban J connectivity index is 2.32. The smallest absolute Gasteiger partial charge is 0.197 e. The fourth-order valence-corrected chi connectivity index (χ4v) is 2.33. The molecule has 0 atom stereocenters. The van der Waals surface area contributed by atoms with Crippen LogP contribution in [0, 0.1) is 0 Å². The topological polar surface area (TPSA) is 77.8 Å². The van der Waals surface area contributed by atoms with E-state index in [1.807, 2.05) is 6.07 Å². The third-order valence-corrected chi connectivity index (χ3v) is 3.22. The summed E-state index contributed by atoms with van der Waals surface area (Å²) < 4.78 is 0. The van der Waals surface area contributed by atoms with E-state index in [4.69, 9.17) is 0 Å². The number of rotatable bonds is 0. The van der Waals surface area contributed by atoms with Crippen LogP contribution in [0.5, 0.6) is 17.2 Å². The molecule has 18 heavy (non-hydrogen) atoms. The Bertz CT molecular complexity index is 674. The molecule has 0 aromatic heterocycles. The third kappa shape index (κ3) is 1.29.